The van der Waals surface area contributed by atoms with Crippen LogP contribution in [0, 0.1) is 6.92 Å². The summed E-state index contributed by atoms with van der Waals surface area (Å²) in [5.41, 5.74) is 3.57. The van der Waals surface area contributed by atoms with Gasteiger partial charge in [-0.15, -0.1) is 0 Å². The molecule has 5 heteroatoms. The first-order valence-electron chi connectivity index (χ1n) is 9.09. The average molecular weight is 401 g/mol. The Morgan fingerprint density at radius 1 is 1.15 bits per heavy atom. The molecular weight excluding hydrogens is 379 g/mol. The minimum atomic E-state index is -0.637. The summed E-state index contributed by atoms with van der Waals surface area (Å²) in [4.78, 5) is 14.7. The summed E-state index contributed by atoms with van der Waals surface area (Å²) in [6.07, 6.45) is 4.55. The highest BCUT2D eigenvalue weighted by molar-refractivity contribution is 6.35. The fourth-order valence-electron chi connectivity index (χ4n) is 4.31. The molecule has 1 N–H and O–H groups in total. The van der Waals surface area contributed by atoms with Gasteiger partial charge in [-0.25, -0.2) is 0 Å². The molecule has 1 atom stereocenters. The number of carbonyl (C=O) groups excluding carboxylic acids is 1. The SMILES string of the molecule is Cc1ccc2c(c1)C(C)(C)[C@@]1(/C=C/c3ccc(Cl)cc3Cl)NC(=O)CCN21. The van der Waals surface area contributed by atoms with Gasteiger partial charge in [0.2, 0.25) is 5.91 Å². The smallest absolute Gasteiger partial charge is 0.223 e. The Morgan fingerprint density at radius 3 is 2.67 bits per heavy atom. The van der Waals surface area contributed by atoms with E-state index in [1.165, 1.54) is 16.8 Å². The van der Waals surface area contributed by atoms with Gasteiger partial charge in [-0.1, -0.05) is 66.9 Å². The fourth-order valence-corrected chi connectivity index (χ4v) is 4.79. The number of nitrogens with zero attached hydrogens (tertiary/aromatic N) is 1. The molecule has 140 valence electrons. The van der Waals surface area contributed by atoms with Crippen LogP contribution in [0.2, 0.25) is 10.0 Å². The number of nitrogens with one attached hydrogen (secondary N) is 1. The zero-order valence-electron chi connectivity index (χ0n) is 15.6. The molecule has 0 bridgehead atoms. The predicted molar refractivity (Wildman–Crippen MR) is 113 cm³/mol. The number of hydrogen-bond acceptors (Lipinski definition) is 2. The van der Waals surface area contributed by atoms with Crippen molar-refractivity contribution in [2.24, 2.45) is 0 Å². The van der Waals surface area contributed by atoms with Crippen molar-refractivity contribution in [3.63, 3.8) is 0 Å². The van der Waals surface area contributed by atoms with Crippen LogP contribution in [0.3, 0.4) is 0 Å². The number of anilines is 1. The van der Waals surface area contributed by atoms with E-state index in [1.54, 1.807) is 6.07 Å². The van der Waals surface area contributed by atoms with Gasteiger partial charge in [0.15, 0.2) is 0 Å². The molecule has 0 saturated carbocycles. The molecule has 1 saturated heterocycles. The van der Waals surface area contributed by atoms with Crippen LogP contribution < -0.4 is 10.2 Å². The first-order chi connectivity index (χ1) is 12.7. The molecule has 2 heterocycles. The summed E-state index contributed by atoms with van der Waals surface area (Å²) in [7, 11) is 0. The van der Waals surface area contributed by atoms with Crippen molar-refractivity contribution in [3.8, 4) is 0 Å². The largest absolute Gasteiger partial charge is 0.344 e. The predicted octanol–water partition coefficient (Wildman–Crippen LogP) is 5.33. The number of aryl methyl sites for hydroxylation is 1. The lowest BCUT2D eigenvalue weighted by Gasteiger charge is -2.49. The van der Waals surface area contributed by atoms with E-state index in [2.05, 4.69) is 55.3 Å². The maximum absolute atomic E-state index is 12.4. The van der Waals surface area contributed by atoms with Crippen LogP contribution in [-0.2, 0) is 10.2 Å². The minimum Gasteiger partial charge on any atom is -0.344 e. The summed E-state index contributed by atoms with van der Waals surface area (Å²) in [5.74, 6) is 0.0655. The molecule has 0 spiro atoms. The number of carbonyl (C=O) groups is 1. The van der Waals surface area contributed by atoms with Gasteiger partial charge >= 0.3 is 0 Å². The Balaban J connectivity index is 1.86. The van der Waals surface area contributed by atoms with Gasteiger partial charge < -0.3 is 10.2 Å². The Hall–Kier alpha value is -1.97. The molecule has 1 fully saturated rings. The topological polar surface area (TPSA) is 32.3 Å². The maximum atomic E-state index is 12.4. The number of benzene rings is 2. The van der Waals surface area contributed by atoms with Gasteiger partial charge in [0.25, 0.3) is 0 Å². The molecule has 3 nitrogen and oxygen atoms in total. The van der Waals surface area contributed by atoms with Gasteiger partial charge in [0.05, 0.1) is 0 Å². The number of fused-ring (bicyclic) bond motifs is 3. The number of hydrogen-bond donors (Lipinski definition) is 1. The average Bonchev–Trinajstić information content (AvgIpc) is 2.78. The van der Waals surface area contributed by atoms with Crippen molar-refractivity contribution >= 4 is 40.9 Å². The fraction of sp³-hybridized carbons (Fsp3) is 0.318. The van der Waals surface area contributed by atoms with E-state index in [4.69, 9.17) is 23.2 Å². The van der Waals surface area contributed by atoms with E-state index in [1.807, 2.05) is 18.2 Å². The summed E-state index contributed by atoms with van der Waals surface area (Å²) in [5, 5.41) is 4.48. The summed E-state index contributed by atoms with van der Waals surface area (Å²) in [6.45, 7) is 7.15. The third-order valence-corrected chi connectivity index (χ3v) is 6.42. The number of amides is 1. The van der Waals surface area contributed by atoms with Gasteiger partial charge in [-0.3, -0.25) is 4.79 Å². The van der Waals surface area contributed by atoms with Crippen molar-refractivity contribution in [1.29, 1.82) is 0 Å². The first kappa shape index (κ1) is 18.4. The second kappa shape index (κ2) is 6.29. The Kier molecular flexibility index (Phi) is 4.28. The van der Waals surface area contributed by atoms with Crippen LogP contribution >= 0.6 is 23.2 Å². The molecule has 0 aliphatic carbocycles. The van der Waals surface area contributed by atoms with E-state index in [0.717, 1.165) is 5.56 Å². The normalized spacial score (nSPS) is 23.3. The van der Waals surface area contributed by atoms with Crippen LogP contribution in [0.15, 0.2) is 42.5 Å². The number of rotatable bonds is 2. The summed E-state index contributed by atoms with van der Waals surface area (Å²) >= 11 is 12.4. The van der Waals surface area contributed by atoms with Crippen molar-refractivity contribution in [2.75, 3.05) is 11.4 Å². The Labute approximate surface area is 170 Å². The van der Waals surface area contributed by atoms with Crippen LogP contribution in [0.25, 0.3) is 6.08 Å². The Bertz CT molecular complexity index is 967. The van der Waals surface area contributed by atoms with Crippen LogP contribution in [0.5, 0.6) is 0 Å². The van der Waals surface area contributed by atoms with Crippen molar-refractivity contribution in [3.05, 3.63) is 69.2 Å². The summed E-state index contributed by atoms with van der Waals surface area (Å²) in [6, 6.07) is 12.0. The lowest BCUT2D eigenvalue weighted by Crippen LogP contribution is -2.68. The maximum Gasteiger partial charge on any atom is 0.223 e. The van der Waals surface area contributed by atoms with E-state index in [0.29, 0.717) is 23.0 Å². The molecule has 4 rings (SSSR count). The lowest BCUT2D eigenvalue weighted by atomic mass is 9.74. The summed E-state index contributed by atoms with van der Waals surface area (Å²) < 4.78 is 0. The molecule has 27 heavy (non-hydrogen) atoms. The van der Waals surface area contributed by atoms with Gasteiger partial charge in [0.1, 0.15) is 5.66 Å². The van der Waals surface area contributed by atoms with Gasteiger partial charge in [-0.2, -0.15) is 0 Å². The molecule has 2 aliphatic heterocycles. The highest BCUT2D eigenvalue weighted by Gasteiger charge is 2.57. The molecule has 0 unspecified atom stereocenters. The van der Waals surface area contributed by atoms with Crippen molar-refractivity contribution < 1.29 is 4.79 Å². The van der Waals surface area contributed by atoms with E-state index in [-0.39, 0.29) is 11.3 Å². The van der Waals surface area contributed by atoms with Crippen LogP contribution in [0.4, 0.5) is 5.69 Å². The minimum absolute atomic E-state index is 0.0655. The van der Waals surface area contributed by atoms with Crippen LogP contribution in [0.1, 0.15) is 37.0 Å². The molecule has 0 aromatic heterocycles. The Morgan fingerprint density at radius 2 is 1.93 bits per heavy atom. The van der Waals surface area contributed by atoms with E-state index in [9.17, 15) is 4.79 Å². The zero-order chi connectivity index (χ0) is 19.4. The standard InChI is InChI=1S/C22H22Cl2N2O/c1-14-4-7-19-17(12-14)21(2,3)22(25-20(27)9-11-26(19)22)10-8-15-5-6-16(23)13-18(15)24/h4-8,10,12-13H,9,11H2,1-3H3,(H,25,27)/b10-8+/t22-/m0/s1. The third-order valence-electron chi connectivity index (χ3n) is 5.85. The van der Waals surface area contributed by atoms with Gasteiger partial charge in [-0.05, 0) is 42.3 Å². The zero-order valence-corrected chi connectivity index (χ0v) is 17.2. The van der Waals surface area contributed by atoms with E-state index < -0.39 is 5.66 Å². The number of halogens is 2. The quantitative estimate of drug-likeness (QED) is 0.738. The molecule has 2 aliphatic rings. The molecular formula is C22H22Cl2N2O. The monoisotopic (exact) mass is 400 g/mol. The van der Waals surface area contributed by atoms with Crippen molar-refractivity contribution in [1.82, 2.24) is 5.32 Å². The molecule has 1 amide bonds. The van der Waals surface area contributed by atoms with Crippen LogP contribution in [-0.4, -0.2) is 18.1 Å². The highest BCUT2D eigenvalue weighted by atomic mass is 35.5. The van der Waals surface area contributed by atoms with E-state index >= 15 is 0 Å². The highest BCUT2D eigenvalue weighted by Crippen LogP contribution is 2.52. The lowest BCUT2D eigenvalue weighted by molar-refractivity contribution is -0.124. The second-order valence-corrected chi connectivity index (χ2v) is 8.70. The molecule has 2 aromatic carbocycles. The molecule has 0 radical (unpaired) electrons. The van der Waals surface area contributed by atoms with Gasteiger partial charge in [0, 0.05) is 34.1 Å². The second-order valence-electron chi connectivity index (χ2n) is 7.86. The van der Waals surface area contributed by atoms with Crippen molar-refractivity contribution in [2.45, 2.75) is 38.3 Å². The first-order valence-corrected chi connectivity index (χ1v) is 9.84. The molecule has 2 aromatic rings. The third kappa shape index (κ3) is 2.76.